The second kappa shape index (κ2) is 11.9. The maximum Gasteiger partial charge on any atom is 0.360 e. The van der Waals surface area contributed by atoms with Crippen LogP contribution in [0.2, 0.25) is 0 Å². The molecule has 10 nitrogen and oxygen atoms in total. The van der Waals surface area contributed by atoms with Crippen LogP contribution in [0.15, 0.2) is 34.2 Å². The molecule has 210 valence electrons. The second-order valence-corrected chi connectivity index (χ2v) is 11.4. The van der Waals surface area contributed by atoms with Crippen molar-refractivity contribution in [1.82, 2.24) is 14.5 Å². The third-order valence-corrected chi connectivity index (χ3v) is 8.83. The van der Waals surface area contributed by atoms with Crippen LogP contribution < -0.4 is 11.3 Å². The minimum atomic E-state index is -1.46. The Bertz CT molecular complexity index is 1290. The van der Waals surface area contributed by atoms with Crippen molar-refractivity contribution in [2.24, 2.45) is 16.8 Å². The number of benzene rings is 1. The average Bonchev–Trinajstić information content (AvgIpc) is 2.90. The number of primary amides is 1. The maximum absolute atomic E-state index is 13.9. The van der Waals surface area contributed by atoms with E-state index in [-0.39, 0.29) is 11.7 Å². The lowest BCUT2D eigenvalue weighted by Crippen LogP contribution is -2.58. The van der Waals surface area contributed by atoms with Gasteiger partial charge < -0.3 is 20.2 Å². The highest BCUT2D eigenvalue weighted by atomic mass is 16.6. The molecule has 3 fully saturated rings. The Balaban J connectivity index is 1.50. The number of carboxylic acids is 1. The van der Waals surface area contributed by atoms with Crippen LogP contribution >= 0.6 is 0 Å². The minimum absolute atomic E-state index is 0.0766. The predicted molar refractivity (Wildman–Crippen MR) is 148 cm³/mol. The lowest BCUT2D eigenvalue weighted by atomic mass is 9.76. The Morgan fingerprint density at radius 2 is 1.72 bits per heavy atom. The number of aliphatic carboxylic acids is 1. The molecule has 2 bridgehead atoms. The number of carbonyl (C=O) groups is 2. The SMILES string of the molecule is CCCC1CCC[C@H](N2[C@@H]3CCC[C@H]2C[C@@H](n2c(=O)c(/C(=N/OCC(N)=O)C(=O)O)nc4ccccc42)C3)C1. The molecular weight excluding hydrogens is 498 g/mol. The summed E-state index contributed by atoms with van der Waals surface area (Å²) in [6.45, 7) is 1.68. The van der Waals surface area contributed by atoms with Gasteiger partial charge in [-0.15, -0.1) is 0 Å². The van der Waals surface area contributed by atoms with Gasteiger partial charge >= 0.3 is 5.97 Å². The van der Waals surface area contributed by atoms with E-state index in [0.717, 1.165) is 31.6 Å². The van der Waals surface area contributed by atoms with Crippen LogP contribution in [0.25, 0.3) is 11.0 Å². The first-order valence-electron chi connectivity index (χ1n) is 14.4. The summed E-state index contributed by atoms with van der Waals surface area (Å²) in [5.74, 6) is -1.45. The molecule has 39 heavy (non-hydrogen) atoms. The van der Waals surface area contributed by atoms with Crippen LogP contribution in [-0.2, 0) is 14.4 Å². The van der Waals surface area contributed by atoms with Crippen molar-refractivity contribution in [2.75, 3.05) is 6.61 Å². The zero-order chi connectivity index (χ0) is 27.5. The largest absolute Gasteiger partial charge is 0.476 e. The van der Waals surface area contributed by atoms with Gasteiger partial charge in [0.25, 0.3) is 11.5 Å². The van der Waals surface area contributed by atoms with E-state index in [1.807, 2.05) is 18.2 Å². The Labute approximate surface area is 228 Å². The topological polar surface area (TPSA) is 140 Å². The molecule has 0 radical (unpaired) electrons. The van der Waals surface area contributed by atoms with Crippen LogP contribution in [-0.4, -0.2) is 61.9 Å². The van der Waals surface area contributed by atoms with Gasteiger partial charge in [0.2, 0.25) is 5.71 Å². The molecular formula is C29H39N5O5. The maximum atomic E-state index is 13.9. The predicted octanol–water partition coefficient (Wildman–Crippen LogP) is 3.60. The van der Waals surface area contributed by atoms with Gasteiger partial charge in [0.15, 0.2) is 12.3 Å². The van der Waals surface area contributed by atoms with E-state index in [1.54, 1.807) is 10.6 Å². The van der Waals surface area contributed by atoms with Crippen LogP contribution in [0.3, 0.4) is 0 Å². The monoisotopic (exact) mass is 537 g/mol. The number of hydrogen-bond acceptors (Lipinski definition) is 7. The molecule has 1 aromatic carbocycles. The number of piperidine rings is 2. The van der Waals surface area contributed by atoms with Gasteiger partial charge in [-0.2, -0.15) is 0 Å². The summed E-state index contributed by atoms with van der Waals surface area (Å²) in [6.07, 6.45) is 12.8. The molecule has 1 aromatic heterocycles. The first kappa shape index (κ1) is 27.3. The molecule has 0 spiro atoms. The van der Waals surface area contributed by atoms with E-state index in [0.29, 0.717) is 29.2 Å². The zero-order valence-electron chi connectivity index (χ0n) is 22.6. The van der Waals surface area contributed by atoms with Gasteiger partial charge in [-0.25, -0.2) is 9.78 Å². The average molecular weight is 538 g/mol. The summed E-state index contributed by atoms with van der Waals surface area (Å²) in [5.41, 5.74) is 4.84. The van der Waals surface area contributed by atoms with Crippen molar-refractivity contribution >= 4 is 28.6 Å². The zero-order valence-corrected chi connectivity index (χ0v) is 22.6. The molecule has 10 heteroatoms. The van der Waals surface area contributed by atoms with Crippen LogP contribution in [0.5, 0.6) is 0 Å². The fourth-order valence-corrected chi connectivity index (χ4v) is 7.41. The highest BCUT2D eigenvalue weighted by Gasteiger charge is 2.43. The molecule has 5 rings (SSSR count). The fourth-order valence-electron chi connectivity index (χ4n) is 7.41. The quantitative estimate of drug-likeness (QED) is 0.368. The summed E-state index contributed by atoms with van der Waals surface area (Å²) in [5, 5.41) is 13.4. The summed E-state index contributed by atoms with van der Waals surface area (Å²) in [7, 11) is 0. The standard InChI is InChI=1S/C29H39N5O5/c1-2-7-18-8-5-9-19(14-18)33-20-10-6-11-21(33)16-22(15-20)34-24-13-4-3-12-23(24)31-26(28(34)36)27(29(37)38)32-39-17-25(30)35/h3-4,12-13,18-22H,2,5-11,14-17H2,1H3,(H2,30,35)(H,37,38)/b32-27-/t18?,19-,20-,21+,22+/m0/s1. The van der Waals surface area contributed by atoms with Crippen LogP contribution in [0.4, 0.5) is 0 Å². The number of carboxylic acid groups (broad SMARTS) is 1. The third-order valence-electron chi connectivity index (χ3n) is 8.83. The van der Waals surface area contributed by atoms with Crippen molar-refractivity contribution in [1.29, 1.82) is 0 Å². The van der Waals surface area contributed by atoms with E-state index in [2.05, 4.69) is 22.0 Å². The van der Waals surface area contributed by atoms with E-state index < -0.39 is 29.8 Å². The lowest BCUT2D eigenvalue weighted by molar-refractivity contribution is -0.130. The molecule has 3 heterocycles. The Kier molecular flexibility index (Phi) is 8.30. The molecule has 1 aliphatic carbocycles. The van der Waals surface area contributed by atoms with Crippen molar-refractivity contribution in [3.8, 4) is 0 Å². The number of aromatic nitrogens is 2. The summed E-state index contributed by atoms with van der Waals surface area (Å²) < 4.78 is 1.74. The van der Waals surface area contributed by atoms with Gasteiger partial charge in [-0.1, -0.05) is 56.3 Å². The molecule has 3 N–H and O–H groups in total. The van der Waals surface area contributed by atoms with Crippen LogP contribution in [0.1, 0.15) is 89.3 Å². The van der Waals surface area contributed by atoms with Crippen molar-refractivity contribution in [3.63, 3.8) is 0 Å². The van der Waals surface area contributed by atoms with Gasteiger partial charge in [0.05, 0.1) is 11.0 Å². The molecule has 2 saturated heterocycles. The van der Waals surface area contributed by atoms with E-state index in [9.17, 15) is 19.5 Å². The Morgan fingerprint density at radius 1 is 1.05 bits per heavy atom. The van der Waals surface area contributed by atoms with E-state index >= 15 is 0 Å². The number of rotatable bonds is 9. The third kappa shape index (κ3) is 5.71. The van der Waals surface area contributed by atoms with Crippen molar-refractivity contribution in [2.45, 2.75) is 102 Å². The first-order chi connectivity index (χ1) is 18.9. The van der Waals surface area contributed by atoms with Crippen molar-refractivity contribution in [3.05, 3.63) is 40.3 Å². The summed E-state index contributed by atoms with van der Waals surface area (Å²) in [6, 6.07) is 8.66. The molecule has 3 aliphatic rings. The number of hydrogen-bond donors (Lipinski definition) is 2. The van der Waals surface area contributed by atoms with Crippen LogP contribution in [0, 0.1) is 5.92 Å². The summed E-state index contributed by atoms with van der Waals surface area (Å²) >= 11 is 0. The molecule has 2 aromatic rings. The number of para-hydroxylation sites is 2. The van der Waals surface area contributed by atoms with E-state index in [1.165, 1.54) is 44.9 Å². The number of carbonyl (C=O) groups excluding carboxylic acids is 1. The lowest BCUT2D eigenvalue weighted by Gasteiger charge is -2.54. The van der Waals surface area contributed by atoms with Gasteiger partial charge in [-0.05, 0) is 56.6 Å². The number of nitrogens with two attached hydrogens (primary N) is 1. The molecule has 2 aliphatic heterocycles. The molecule has 5 atom stereocenters. The Morgan fingerprint density at radius 3 is 2.38 bits per heavy atom. The molecule has 1 unspecified atom stereocenters. The Hall–Kier alpha value is -3.27. The first-order valence-corrected chi connectivity index (χ1v) is 14.4. The number of fused-ring (bicyclic) bond motifs is 3. The highest BCUT2D eigenvalue weighted by molar-refractivity contribution is 6.41. The van der Waals surface area contributed by atoms with Gasteiger partial charge in [-0.3, -0.25) is 14.5 Å². The van der Waals surface area contributed by atoms with E-state index in [4.69, 9.17) is 10.6 Å². The molecule has 1 saturated carbocycles. The normalized spacial score (nSPS) is 27.8. The number of amides is 1. The highest BCUT2D eigenvalue weighted by Crippen LogP contribution is 2.44. The van der Waals surface area contributed by atoms with Gasteiger partial charge in [0.1, 0.15) is 0 Å². The second-order valence-electron chi connectivity index (χ2n) is 11.4. The summed E-state index contributed by atoms with van der Waals surface area (Å²) in [4.78, 5) is 49.1. The molecule has 1 amide bonds. The minimum Gasteiger partial charge on any atom is -0.476 e. The number of nitrogens with zero attached hydrogens (tertiary/aromatic N) is 4. The fraction of sp³-hybridized carbons (Fsp3) is 0.621. The smallest absolute Gasteiger partial charge is 0.360 e. The van der Waals surface area contributed by atoms with Crippen molar-refractivity contribution < 1.29 is 19.5 Å². The number of oxime groups is 1. The van der Waals surface area contributed by atoms with Gasteiger partial charge in [0, 0.05) is 24.2 Å².